The third-order valence-electron chi connectivity index (χ3n) is 10.7. The van der Waals surface area contributed by atoms with Crippen LogP contribution in [0.3, 0.4) is 0 Å². The summed E-state index contributed by atoms with van der Waals surface area (Å²) in [7, 11) is 0. The molecule has 0 atom stereocenters. The maximum absolute atomic E-state index is 5.42. The Bertz CT molecular complexity index is 3140. The first-order valence-corrected chi connectivity index (χ1v) is 18.3. The summed E-state index contributed by atoms with van der Waals surface area (Å²) in [5, 5.41) is 7.13. The predicted octanol–water partition coefficient (Wildman–Crippen LogP) is 12.8. The first-order chi connectivity index (χ1) is 26.8. The van der Waals surface area contributed by atoms with E-state index in [0.717, 1.165) is 55.7 Å². The fourth-order valence-electron chi connectivity index (χ4n) is 8.28. The molecule has 0 bridgehead atoms. The summed E-state index contributed by atoms with van der Waals surface area (Å²) in [6.07, 6.45) is 0. The van der Waals surface area contributed by atoms with Crippen LogP contribution in [0, 0.1) is 0 Å². The van der Waals surface area contributed by atoms with E-state index in [0.29, 0.717) is 5.95 Å². The summed E-state index contributed by atoms with van der Waals surface area (Å²) >= 11 is 0. The lowest BCUT2D eigenvalue weighted by Gasteiger charge is -2.15. The van der Waals surface area contributed by atoms with Crippen molar-refractivity contribution in [2.24, 2.45) is 0 Å². The van der Waals surface area contributed by atoms with Gasteiger partial charge in [-0.2, -0.15) is 0 Å². The Balaban J connectivity index is 1.36. The highest BCUT2D eigenvalue weighted by Gasteiger charge is 2.26. The van der Waals surface area contributed by atoms with E-state index in [2.05, 4.69) is 191 Å². The van der Waals surface area contributed by atoms with Gasteiger partial charge in [-0.3, -0.25) is 4.57 Å². The van der Waals surface area contributed by atoms with Crippen molar-refractivity contribution in [2.45, 2.75) is 0 Å². The molecular weight excluding hydrogens is 657 g/mol. The van der Waals surface area contributed by atoms with Crippen molar-refractivity contribution in [2.75, 3.05) is 0 Å². The van der Waals surface area contributed by atoms with E-state index in [1.807, 2.05) is 12.1 Å². The molecule has 11 rings (SSSR count). The molecule has 4 nitrogen and oxygen atoms in total. The topological polar surface area (TPSA) is 35.6 Å². The summed E-state index contributed by atoms with van der Waals surface area (Å²) in [6, 6.07) is 69.0. The monoisotopic (exact) mass is 688 g/mol. The van der Waals surface area contributed by atoms with E-state index in [4.69, 9.17) is 9.97 Å². The van der Waals surface area contributed by atoms with Crippen LogP contribution in [0.15, 0.2) is 194 Å². The Kier molecular flexibility index (Phi) is 6.82. The lowest BCUT2D eigenvalue weighted by atomic mass is 9.95. The molecule has 54 heavy (non-hydrogen) atoms. The summed E-state index contributed by atoms with van der Waals surface area (Å²) in [5.41, 5.74) is 11.7. The molecule has 4 heteroatoms. The minimum absolute atomic E-state index is 0.628. The van der Waals surface area contributed by atoms with Gasteiger partial charge in [-0.15, -0.1) is 0 Å². The normalized spacial score (nSPS) is 11.7. The van der Waals surface area contributed by atoms with Gasteiger partial charge in [-0.1, -0.05) is 152 Å². The van der Waals surface area contributed by atoms with Gasteiger partial charge in [-0.05, 0) is 64.4 Å². The zero-order valence-electron chi connectivity index (χ0n) is 29.3. The zero-order chi connectivity index (χ0) is 35.6. The molecule has 3 aromatic heterocycles. The quantitative estimate of drug-likeness (QED) is 0.180. The Morgan fingerprint density at radius 3 is 1.59 bits per heavy atom. The fourth-order valence-corrected chi connectivity index (χ4v) is 8.28. The van der Waals surface area contributed by atoms with Crippen LogP contribution in [0.4, 0.5) is 0 Å². The van der Waals surface area contributed by atoms with Gasteiger partial charge in [0.05, 0.1) is 33.5 Å². The highest BCUT2D eigenvalue weighted by molar-refractivity contribution is 6.28. The smallest absolute Gasteiger partial charge is 0.235 e. The van der Waals surface area contributed by atoms with Gasteiger partial charge in [0.2, 0.25) is 5.95 Å². The molecule has 8 aromatic carbocycles. The van der Waals surface area contributed by atoms with Crippen molar-refractivity contribution in [1.82, 2.24) is 19.1 Å². The average Bonchev–Trinajstić information content (AvgIpc) is 3.77. The molecule has 0 aliphatic rings. The van der Waals surface area contributed by atoms with Crippen molar-refractivity contribution < 1.29 is 0 Å². The summed E-state index contributed by atoms with van der Waals surface area (Å²) < 4.78 is 4.74. The molecule has 0 unspecified atom stereocenters. The number of benzene rings is 8. The first kappa shape index (κ1) is 30.3. The van der Waals surface area contributed by atoms with Crippen molar-refractivity contribution in [1.29, 1.82) is 0 Å². The SMILES string of the molecule is c1ccc(-c2cc(-c3ccccc3)nc(-n3c4ccccc4c4c(-c5ccc6ccccc6c5)cc5c6ccccc6n(-c6ccccc6)c5c43)n2)cc1. The van der Waals surface area contributed by atoms with Crippen LogP contribution in [0.2, 0.25) is 0 Å². The lowest BCUT2D eigenvalue weighted by Crippen LogP contribution is -2.05. The van der Waals surface area contributed by atoms with E-state index in [1.54, 1.807) is 0 Å². The highest BCUT2D eigenvalue weighted by Crippen LogP contribution is 2.46. The van der Waals surface area contributed by atoms with Crippen LogP contribution in [0.1, 0.15) is 0 Å². The standard InChI is InChI=1S/C50H32N4/c1-4-17-34(18-5-1)43-32-44(35-19-6-2-7-20-35)52-50(51-43)54-46-27-15-13-25-40(46)47-41(37-29-28-33-16-10-11-21-36(33)30-37)31-42-39-24-12-14-26-45(39)53(48(42)49(47)54)38-22-8-3-9-23-38/h1-32H. The molecule has 0 amide bonds. The Hall–Kier alpha value is -7.30. The van der Waals surface area contributed by atoms with Crippen LogP contribution >= 0.6 is 0 Å². The average molecular weight is 689 g/mol. The van der Waals surface area contributed by atoms with Gasteiger partial charge in [0.25, 0.3) is 0 Å². The third-order valence-corrected chi connectivity index (χ3v) is 10.7. The second-order valence-electron chi connectivity index (χ2n) is 13.8. The second kappa shape index (κ2) is 12.1. The van der Waals surface area contributed by atoms with E-state index in [1.165, 1.54) is 38.1 Å². The molecule has 0 aliphatic heterocycles. The van der Waals surface area contributed by atoms with Gasteiger partial charge in [0, 0.05) is 38.4 Å². The van der Waals surface area contributed by atoms with Crippen molar-refractivity contribution >= 4 is 54.4 Å². The largest absolute Gasteiger partial charge is 0.307 e. The molecule has 0 radical (unpaired) electrons. The molecule has 0 spiro atoms. The lowest BCUT2D eigenvalue weighted by molar-refractivity contribution is 0.995. The molecule has 252 valence electrons. The van der Waals surface area contributed by atoms with Gasteiger partial charge in [-0.25, -0.2) is 9.97 Å². The number of fused-ring (bicyclic) bond motifs is 8. The van der Waals surface area contributed by atoms with Crippen LogP contribution in [0.25, 0.3) is 99.7 Å². The van der Waals surface area contributed by atoms with Gasteiger partial charge < -0.3 is 4.57 Å². The van der Waals surface area contributed by atoms with E-state index >= 15 is 0 Å². The van der Waals surface area contributed by atoms with Crippen LogP contribution < -0.4 is 0 Å². The van der Waals surface area contributed by atoms with Crippen molar-refractivity contribution in [3.05, 3.63) is 194 Å². The second-order valence-corrected chi connectivity index (χ2v) is 13.8. The van der Waals surface area contributed by atoms with Crippen molar-refractivity contribution in [3.8, 4) is 45.3 Å². The number of rotatable bonds is 5. The maximum Gasteiger partial charge on any atom is 0.235 e. The number of para-hydroxylation sites is 3. The summed E-state index contributed by atoms with van der Waals surface area (Å²) in [5.74, 6) is 0.628. The fraction of sp³-hybridized carbons (Fsp3) is 0. The molecule has 11 aromatic rings. The van der Waals surface area contributed by atoms with Gasteiger partial charge in [0.15, 0.2) is 0 Å². The molecule has 0 aliphatic carbocycles. The minimum atomic E-state index is 0.628. The molecule has 0 saturated carbocycles. The molecule has 0 N–H and O–H groups in total. The molecule has 0 fully saturated rings. The van der Waals surface area contributed by atoms with E-state index in [-0.39, 0.29) is 0 Å². The van der Waals surface area contributed by atoms with Crippen molar-refractivity contribution in [3.63, 3.8) is 0 Å². The Morgan fingerprint density at radius 1 is 0.352 bits per heavy atom. The van der Waals surface area contributed by atoms with Gasteiger partial charge in [0.1, 0.15) is 0 Å². The highest BCUT2D eigenvalue weighted by atomic mass is 15.2. The molecular formula is C50H32N4. The minimum Gasteiger partial charge on any atom is -0.307 e. The van der Waals surface area contributed by atoms with E-state index < -0.39 is 0 Å². The zero-order valence-corrected chi connectivity index (χ0v) is 29.3. The van der Waals surface area contributed by atoms with E-state index in [9.17, 15) is 0 Å². The Morgan fingerprint density at radius 2 is 0.907 bits per heavy atom. The molecule has 3 heterocycles. The number of hydrogen-bond acceptors (Lipinski definition) is 2. The number of nitrogens with zero attached hydrogens (tertiary/aromatic N) is 4. The molecule has 0 saturated heterocycles. The third kappa shape index (κ3) is 4.70. The summed E-state index contributed by atoms with van der Waals surface area (Å²) in [4.78, 5) is 10.8. The van der Waals surface area contributed by atoms with Crippen LogP contribution in [0.5, 0.6) is 0 Å². The number of hydrogen-bond donors (Lipinski definition) is 0. The van der Waals surface area contributed by atoms with Crippen LogP contribution in [-0.4, -0.2) is 19.1 Å². The van der Waals surface area contributed by atoms with Gasteiger partial charge >= 0.3 is 0 Å². The summed E-state index contributed by atoms with van der Waals surface area (Å²) in [6.45, 7) is 0. The number of aromatic nitrogens is 4. The van der Waals surface area contributed by atoms with Crippen LogP contribution in [-0.2, 0) is 0 Å². The maximum atomic E-state index is 5.42. The Labute approximate surface area is 311 Å². The predicted molar refractivity (Wildman–Crippen MR) is 225 cm³/mol. The first-order valence-electron chi connectivity index (χ1n) is 18.3.